The first-order chi connectivity index (χ1) is 10.4. The Morgan fingerprint density at radius 2 is 2.05 bits per heavy atom. The highest BCUT2D eigenvalue weighted by molar-refractivity contribution is 8.00. The molecule has 112 valence electrons. The molecule has 0 radical (unpaired) electrons. The monoisotopic (exact) mass is 316 g/mol. The summed E-state index contributed by atoms with van der Waals surface area (Å²) in [7, 11) is 0. The molecule has 0 saturated carbocycles. The Hall–Kier alpha value is -2.72. The van der Waals surface area contributed by atoms with E-state index in [9.17, 15) is 19.8 Å². The minimum atomic E-state index is -0.377. The zero-order chi connectivity index (χ0) is 16.3. The van der Waals surface area contributed by atoms with Gasteiger partial charge in [-0.2, -0.15) is 5.26 Å². The van der Waals surface area contributed by atoms with Gasteiger partial charge in [0, 0.05) is 11.6 Å². The fourth-order valence-electron chi connectivity index (χ4n) is 1.82. The number of aromatic hydroxyl groups is 2. The number of hydrogen-bond acceptors (Lipinski definition) is 6. The van der Waals surface area contributed by atoms with E-state index in [1.165, 1.54) is 24.3 Å². The average molecular weight is 316 g/mol. The minimum Gasteiger partial charge on any atom is -0.504 e. The molecule has 0 atom stereocenters. The standard InChI is InChI=1S/C15H12N2O4S/c1-8-4-14(21)17-15(10(8)6-16)22-7-13(20)9-2-3-11(18)12(19)5-9/h2-5,18-19H,7H2,1H3,(H,17,21). The molecule has 0 amide bonds. The van der Waals surface area contributed by atoms with Gasteiger partial charge < -0.3 is 15.2 Å². The van der Waals surface area contributed by atoms with Gasteiger partial charge in [0.25, 0.3) is 0 Å². The van der Waals surface area contributed by atoms with Crippen molar-refractivity contribution in [1.82, 2.24) is 4.98 Å². The van der Waals surface area contributed by atoms with Gasteiger partial charge in [-0.05, 0) is 30.7 Å². The predicted molar refractivity (Wildman–Crippen MR) is 81.3 cm³/mol. The number of phenolic OH excluding ortho intramolecular Hbond substituents is 2. The molecular weight excluding hydrogens is 304 g/mol. The number of thioether (sulfide) groups is 1. The molecule has 0 saturated heterocycles. The molecule has 1 aromatic heterocycles. The largest absolute Gasteiger partial charge is 0.504 e. The molecule has 1 aromatic carbocycles. The lowest BCUT2D eigenvalue weighted by Crippen LogP contribution is -2.10. The Morgan fingerprint density at radius 3 is 2.68 bits per heavy atom. The molecule has 0 fully saturated rings. The molecule has 22 heavy (non-hydrogen) atoms. The van der Waals surface area contributed by atoms with Crippen molar-refractivity contribution in [3.05, 3.63) is 51.3 Å². The van der Waals surface area contributed by atoms with Gasteiger partial charge in [0.1, 0.15) is 6.07 Å². The summed E-state index contributed by atoms with van der Waals surface area (Å²) in [5.74, 6) is -0.999. The van der Waals surface area contributed by atoms with E-state index < -0.39 is 0 Å². The molecular formula is C15H12N2O4S. The van der Waals surface area contributed by atoms with E-state index in [2.05, 4.69) is 4.98 Å². The quantitative estimate of drug-likeness (QED) is 0.451. The Kier molecular flexibility index (Phi) is 4.53. The number of aryl methyl sites for hydroxylation is 1. The fourth-order valence-corrected chi connectivity index (χ4v) is 2.79. The number of benzene rings is 1. The number of phenols is 2. The maximum absolute atomic E-state index is 12.1. The van der Waals surface area contributed by atoms with Crippen molar-refractivity contribution in [3.8, 4) is 17.6 Å². The van der Waals surface area contributed by atoms with E-state index in [4.69, 9.17) is 5.26 Å². The minimum absolute atomic E-state index is 0.0156. The molecule has 0 aliphatic rings. The van der Waals surface area contributed by atoms with E-state index in [0.29, 0.717) is 16.2 Å². The number of nitriles is 1. The molecule has 7 heteroatoms. The lowest BCUT2D eigenvalue weighted by Gasteiger charge is -2.06. The van der Waals surface area contributed by atoms with Gasteiger partial charge in [0.15, 0.2) is 17.3 Å². The van der Waals surface area contributed by atoms with Crippen LogP contribution in [-0.2, 0) is 0 Å². The second kappa shape index (κ2) is 6.37. The molecule has 0 unspecified atom stereocenters. The molecule has 0 aliphatic heterocycles. The number of ketones is 1. The number of carbonyl (C=O) groups excluding carboxylic acids is 1. The van der Waals surface area contributed by atoms with Gasteiger partial charge in [-0.1, -0.05) is 11.8 Å². The Bertz CT molecular complexity index is 836. The van der Waals surface area contributed by atoms with Crippen LogP contribution in [0.1, 0.15) is 21.5 Å². The molecule has 0 aliphatic carbocycles. The summed E-state index contributed by atoms with van der Waals surface area (Å²) in [5, 5.41) is 28.1. The first-order valence-electron chi connectivity index (χ1n) is 6.24. The number of H-pyrrole nitrogens is 1. The van der Waals surface area contributed by atoms with Crippen molar-refractivity contribution < 1.29 is 15.0 Å². The molecule has 6 nitrogen and oxygen atoms in total. The normalized spacial score (nSPS) is 10.2. The zero-order valence-electron chi connectivity index (χ0n) is 11.6. The molecule has 0 spiro atoms. The number of carbonyl (C=O) groups is 1. The lowest BCUT2D eigenvalue weighted by atomic mass is 10.1. The van der Waals surface area contributed by atoms with Gasteiger partial charge in [0.05, 0.1) is 16.3 Å². The summed E-state index contributed by atoms with van der Waals surface area (Å²) in [4.78, 5) is 26.1. The molecule has 0 bridgehead atoms. The highest BCUT2D eigenvalue weighted by atomic mass is 32.2. The second-order valence-corrected chi connectivity index (χ2v) is 5.53. The first kappa shape index (κ1) is 15.7. The zero-order valence-corrected chi connectivity index (χ0v) is 12.4. The lowest BCUT2D eigenvalue weighted by molar-refractivity contribution is 0.102. The Morgan fingerprint density at radius 1 is 1.32 bits per heavy atom. The maximum atomic E-state index is 12.1. The van der Waals surface area contributed by atoms with E-state index in [-0.39, 0.29) is 34.2 Å². The van der Waals surface area contributed by atoms with Gasteiger partial charge in [-0.15, -0.1) is 0 Å². The van der Waals surface area contributed by atoms with Crippen molar-refractivity contribution in [2.75, 3.05) is 5.75 Å². The van der Waals surface area contributed by atoms with Crippen LogP contribution in [0, 0.1) is 18.3 Å². The van der Waals surface area contributed by atoms with Crippen LogP contribution in [0.2, 0.25) is 0 Å². The number of Topliss-reactive ketones (excluding diaryl/α,β-unsaturated/α-hetero) is 1. The van der Waals surface area contributed by atoms with Crippen molar-refractivity contribution in [2.45, 2.75) is 11.9 Å². The summed E-state index contributed by atoms with van der Waals surface area (Å²) >= 11 is 1.04. The highest BCUT2D eigenvalue weighted by Crippen LogP contribution is 2.27. The number of aromatic amines is 1. The number of nitrogens with one attached hydrogen (secondary N) is 1. The number of rotatable bonds is 4. The third-order valence-corrected chi connectivity index (χ3v) is 3.96. The average Bonchev–Trinajstić information content (AvgIpc) is 2.47. The van der Waals surface area contributed by atoms with Crippen LogP contribution in [-0.4, -0.2) is 26.7 Å². The van der Waals surface area contributed by atoms with Gasteiger partial charge >= 0.3 is 0 Å². The summed E-state index contributed by atoms with van der Waals surface area (Å²) < 4.78 is 0. The van der Waals surface area contributed by atoms with Crippen LogP contribution in [0.4, 0.5) is 0 Å². The summed E-state index contributed by atoms with van der Waals surface area (Å²) in [5.41, 5.74) is 0.763. The van der Waals surface area contributed by atoms with Crippen molar-refractivity contribution >= 4 is 17.5 Å². The van der Waals surface area contributed by atoms with E-state index in [1.54, 1.807) is 6.92 Å². The predicted octanol–water partition coefficient (Wildman–Crippen LogP) is 1.94. The smallest absolute Gasteiger partial charge is 0.249 e. The summed E-state index contributed by atoms with van der Waals surface area (Å²) in [6.45, 7) is 1.65. The van der Waals surface area contributed by atoms with E-state index in [0.717, 1.165) is 11.8 Å². The van der Waals surface area contributed by atoms with E-state index >= 15 is 0 Å². The fraction of sp³-hybridized carbons (Fsp3) is 0.133. The number of aromatic nitrogens is 1. The SMILES string of the molecule is Cc1cc(=O)[nH]c(SCC(=O)c2ccc(O)c(O)c2)c1C#N. The van der Waals surface area contributed by atoms with Crippen LogP contribution in [0.15, 0.2) is 34.1 Å². The van der Waals surface area contributed by atoms with Crippen LogP contribution in [0.25, 0.3) is 0 Å². The van der Waals surface area contributed by atoms with Crippen molar-refractivity contribution in [1.29, 1.82) is 5.26 Å². The number of hydrogen-bond donors (Lipinski definition) is 3. The number of nitrogens with zero attached hydrogens (tertiary/aromatic N) is 1. The van der Waals surface area contributed by atoms with Gasteiger partial charge in [-0.25, -0.2) is 0 Å². The maximum Gasteiger partial charge on any atom is 0.249 e. The summed E-state index contributed by atoms with van der Waals surface area (Å²) in [6.07, 6.45) is 0. The van der Waals surface area contributed by atoms with Gasteiger partial charge in [0.2, 0.25) is 5.56 Å². The molecule has 1 heterocycles. The van der Waals surface area contributed by atoms with Crippen LogP contribution >= 0.6 is 11.8 Å². The number of pyridine rings is 1. The van der Waals surface area contributed by atoms with Gasteiger partial charge in [-0.3, -0.25) is 9.59 Å². The third-order valence-electron chi connectivity index (χ3n) is 2.96. The highest BCUT2D eigenvalue weighted by Gasteiger charge is 2.13. The van der Waals surface area contributed by atoms with Crippen molar-refractivity contribution in [3.63, 3.8) is 0 Å². The van der Waals surface area contributed by atoms with Crippen LogP contribution in [0.5, 0.6) is 11.5 Å². The molecule has 3 N–H and O–H groups in total. The second-order valence-electron chi connectivity index (χ2n) is 4.55. The molecule has 2 rings (SSSR count). The van der Waals surface area contributed by atoms with Crippen LogP contribution in [0.3, 0.4) is 0 Å². The molecule has 2 aromatic rings. The van der Waals surface area contributed by atoms with Crippen molar-refractivity contribution in [2.24, 2.45) is 0 Å². The Labute approximate surface area is 130 Å². The van der Waals surface area contributed by atoms with Crippen LogP contribution < -0.4 is 5.56 Å². The van der Waals surface area contributed by atoms with E-state index in [1.807, 2.05) is 6.07 Å². The summed E-state index contributed by atoms with van der Waals surface area (Å²) in [6, 6.07) is 7.10. The topological polar surface area (TPSA) is 114 Å². The first-order valence-corrected chi connectivity index (χ1v) is 7.23. The third kappa shape index (κ3) is 3.30. The Balaban J connectivity index is 2.20.